The van der Waals surface area contributed by atoms with Crippen LogP contribution in [0, 0.1) is 5.92 Å². The molecule has 3 aromatic carbocycles. The standard InChI is InChI=1S/C54H73N7O16/c1-4-5-6-7-8-9-22-77-37-20-16-33(17-21-37)32-12-14-34(15-13-32)47(69)55-38-25-42(67)50(72)59-52(74)45-46(68)29(2)26-61(45)53(75)39(28-62)56-51(73)44(41(66)23-31-10-18-35(64)19-11-31)58-49(71)40-24-36(65)27-60(40)54(76)43(30(3)63)57-48(38)70/h10-21,29-30,36,38-46,50,62-68,72H,4-9,22-28H2,1-3H3,(H,55,69)(H,56,73)(H,57,70)(H,58,71)(H,59,74)/t29-,30+,36+,38-,39-,40-,41+,42?,43-,44-,45-,46-,50?/m0/s1. The van der Waals surface area contributed by atoms with Crippen molar-refractivity contribution < 1.29 is 79.2 Å². The van der Waals surface area contributed by atoms with Gasteiger partial charge in [0.05, 0.1) is 37.6 Å². The Morgan fingerprint density at radius 2 is 1.34 bits per heavy atom. The third kappa shape index (κ3) is 15.5. The van der Waals surface area contributed by atoms with E-state index in [-0.39, 0.29) is 24.3 Å². The van der Waals surface area contributed by atoms with Crippen molar-refractivity contribution in [2.75, 3.05) is 26.3 Å². The molecule has 420 valence electrons. The lowest BCUT2D eigenvalue weighted by Crippen LogP contribution is -2.63. The summed E-state index contributed by atoms with van der Waals surface area (Å²) in [4.78, 5) is 101. The van der Waals surface area contributed by atoms with Gasteiger partial charge in [-0.25, -0.2) is 0 Å². The Balaban J connectivity index is 1.28. The average Bonchev–Trinajstić information content (AvgIpc) is 3.96. The van der Waals surface area contributed by atoms with Crippen molar-refractivity contribution in [3.8, 4) is 22.6 Å². The lowest BCUT2D eigenvalue weighted by Gasteiger charge is -2.32. The third-order valence-corrected chi connectivity index (χ3v) is 14.2. The molecule has 6 rings (SSSR count). The van der Waals surface area contributed by atoms with E-state index >= 15 is 0 Å². The van der Waals surface area contributed by atoms with Crippen LogP contribution in [-0.2, 0) is 35.2 Å². The highest BCUT2D eigenvalue weighted by Crippen LogP contribution is 2.27. The Bertz CT molecular complexity index is 2500. The zero-order valence-electron chi connectivity index (χ0n) is 43.4. The Morgan fingerprint density at radius 1 is 0.714 bits per heavy atom. The van der Waals surface area contributed by atoms with Crippen LogP contribution in [-0.4, -0.2) is 191 Å². The minimum Gasteiger partial charge on any atom is -0.508 e. The van der Waals surface area contributed by atoms with Gasteiger partial charge in [0.25, 0.3) is 5.91 Å². The number of amides is 7. The molecule has 3 aromatic rings. The number of hydrogen-bond acceptors (Lipinski definition) is 16. The molecule has 3 heterocycles. The fourth-order valence-corrected chi connectivity index (χ4v) is 9.70. The number of benzene rings is 3. The van der Waals surface area contributed by atoms with Crippen LogP contribution < -0.4 is 31.3 Å². The Morgan fingerprint density at radius 3 is 1.97 bits per heavy atom. The first-order chi connectivity index (χ1) is 36.7. The second-order valence-corrected chi connectivity index (χ2v) is 20.2. The van der Waals surface area contributed by atoms with E-state index in [1.54, 1.807) is 12.1 Å². The van der Waals surface area contributed by atoms with Crippen LogP contribution in [0.4, 0.5) is 0 Å². The van der Waals surface area contributed by atoms with Crippen LogP contribution in [0.5, 0.6) is 11.5 Å². The number of hydrogen-bond donors (Lipinski definition) is 13. The minimum absolute atomic E-state index is 0.0314. The maximum absolute atomic E-state index is 14.4. The van der Waals surface area contributed by atoms with Gasteiger partial charge >= 0.3 is 0 Å². The molecule has 7 amide bonds. The first-order valence-corrected chi connectivity index (χ1v) is 26.1. The normalized spacial score (nSPS) is 27.7. The van der Waals surface area contributed by atoms with Gasteiger partial charge in [-0.2, -0.15) is 0 Å². The maximum atomic E-state index is 14.4. The highest BCUT2D eigenvalue weighted by molar-refractivity contribution is 6.00. The van der Waals surface area contributed by atoms with Crippen LogP contribution in [0.25, 0.3) is 11.1 Å². The van der Waals surface area contributed by atoms with Gasteiger partial charge in [0.1, 0.15) is 53.9 Å². The van der Waals surface area contributed by atoms with Crippen LogP contribution in [0.15, 0.2) is 72.8 Å². The van der Waals surface area contributed by atoms with Gasteiger partial charge in [-0.3, -0.25) is 33.6 Å². The van der Waals surface area contributed by atoms with E-state index in [1.165, 1.54) is 62.6 Å². The number of aromatic hydroxyl groups is 1. The number of carbonyl (C=O) groups is 7. The van der Waals surface area contributed by atoms with Gasteiger partial charge in [-0.1, -0.05) is 82.3 Å². The molecular formula is C54H73N7O16. The number of aliphatic hydroxyl groups excluding tert-OH is 7. The first kappa shape index (κ1) is 59.5. The molecule has 3 fully saturated rings. The predicted octanol–water partition coefficient (Wildman–Crippen LogP) is -1.30. The number of nitrogens with one attached hydrogen (secondary N) is 5. The number of aliphatic hydroxyl groups is 7. The van der Waals surface area contributed by atoms with E-state index < -0.39 is 146 Å². The van der Waals surface area contributed by atoms with Crippen molar-refractivity contribution in [2.45, 2.75) is 152 Å². The molecule has 0 aromatic heterocycles. The number of fused-ring (bicyclic) bond motifs is 2. The molecule has 3 saturated heterocycles. The maximum Gasteiger partial charge on any atom is 0.251 e. The molecule has 23 heteroatoms. The number of rotatable bonds is 16. The van der Waals surface area contributed by atoms with Gasteiger partial charge in [0, 0.05) is 43.8 Å². The van der Waals surface area contributed by atoms with Crippen molar-refractivity contribution in [1.29, 1.82) is 0 Å². The van der Waals surface area contributed by atoms with Crippen molar-refractivity contribution in [1.82, 2.24) is 36.4 Å². The van der Waals surface area contributed by atoms with E-state index in [0.29, 0.717) is 17.9 Å². The molecule has 0 bridgehead atoms. The predicted molar refractivity (Wildman–Crippen MR) is 276 cm³/mol. The molecule has 77 heavy (non-hydrogen) atoms. The molecule has 23 nitrogen and oxygen atoms in total. The summed E-state index contributed by atoms with van der Waals surface area (Å²) in [6.45, 7) is 3.44. The zero-order chi connectivity index (χ0) is 56.1. The van der Waals surface area contributed by atoms with Gasteiger partial charge < -0.3 is 82.0 Å². The van der Waals surface area contributed by atoms with E-state index in [0.717, 1.165) is 47.1 Å². The molecule has 13 atom stereocenters. The average molecular weight is 1080 g/mol. The van der Waals surface area contributed by atoms with Crippen LogP contribution >= 0.6 is 0 Å². The fraction of sp³-hybridized carbons (Fsp3) is 0.537. The summed E-state index contributed by atoms with van der Waals surface area (Å²) in [5.74, 6) is -8.07. The molecule has 0 aliphatic carbocycles. The first-order valence-electron chi connectivity index (χ1n) is 26.1. The van der Waals surface area contributed by atoms with Crippen LogP contribution in [0.3, 0.4) is 0 Å². The topological polar surface area (TPSA) is 357 Å². The molecule has 0 spiro atoms. The number of phenols is 1. The lowest BCUT2D eigenvalue weighted by atomic mass is 10.00. The Hall–Kier alpha value is -6.73. The second kappa shape index (κ2) is 27.5. The number of nitrogens with zero attached hydrogens (tertiary/aromatic N) is 2. The zero-order valence-corrected chi connectivity index (χ0v) is 43.4. The molecule has 13 N–H and O–H groups in total. The summed E-state index contributed by atoms with van der Waals surface area (Å²) in [5, 5.41) is 99.1. The van der Waals surface area contributed by atoms with Crippen molar-refractivity contribution in [2.24, 2.45) is 5.92 Å². The highest BCUT2D eigenvalue weighted by Gasteiger charge is 2.49. The summed E-state index contributed by atoms with van der Waals surface area (Å²) in [5.41, 5.74) is 1.93. The van der Waals surface area contributed by atoms with Crippen molar-refractivity contribution >= 4 is 41.4 Å². The largest absolute Gasteiger partial charge is 0.508 e. The molecule has 2 unspecified atom stereocenters. The van der Waals surface area contributed by atoms with Crippen LogP contribution in [0.1, 0.15) is 88.1 Å². The second-order valence-electron chi connectivity index (χ2n) is 20.2. The number of ether oxygens (including phenoxy) is 1. The van der Waals surface area contributed by atoms with Crippen LogP contribution in [0.2, 0.25) is 0 Å². The van der Waals surface area contributed by atoms with E-state index in [4.69, 9.17) is 4.74 Å². The SMILES string of the molecule is CCCCCCCCOc1ccc(-c2ccc(C(=O)N[C@H]3CC(O)C(O)NC(=O)[C@@H]4[C@@H](O)[C@@H](C)CN4C(=O)[C@H](CO)NC(=O)[C@H]([C@H](O)Cc4ccc(O)cc4)NC(=O)[C@@H]4C[C@@H](O)CN4C(=O)[C@H]([C@@H](C)O)NC3=O)cc2)cc1. The number of unbranched alkanes of at least 4 members (excludes halogenated alkanes) is 5. The summed E-state index contributed by atoms with van der Waals surface area (Å²) in [6, 6.07) is 8.13. The van der Waals surface area contributed by atoms with Crippen molar-refractivity contribution in [3.63, 3.8) is 0 Å². The van der Waals surface area contributed by atoms with E-state index in [2.05, 4.69) is 33.5 Å². The summed E-state index contributed by atoms with van der Waals surface area (Å²) < 4.78 is 5.91. The van der Waals surface area contributed by atoms with E-state index in [9.17, 15) is 74.4 Å². The molecule has 0 saturated carbocycles. The Labute approximate surface area is 446 Å². The highest BCUT2D eigenvalue weighted by atomic mass is 16.5. The fourth-order valence-electron chi connectivity index (χ4n) is 9.70. The summed E-state index contributed by atoms with van der Waals surface area (Å²) in [6.07, 6.45) is -5.69. The van der Waals surface area contributed by atoms with Crippen molar-refractivity contribution in [3.05, 3.63) is 83.9 Å². The summed E-state index contributed by atoms with van der Waals surface area (Å²) >= 11 is 0. The van der Waals surface area contributed by atoms with Gasteiger partial charge in [-0.05, 0) is 66.4 Å². The molecular weight excluding hydrogens is 1000 g/mol. The molecule has 3 aliphatic rings. The van der Waals surface area contributed by atoms with Gasteiger partial charge in [-0.15, -0.1) is 0 Å². The summed E-state index contributed by atoms with van der Waals surface area (Å²) in [7, 11) is 0. The molecule has 3 aliphatic heterocycles. The molecule has 0 radical (unpaired) electrons. The quantitative estimate of drug-likeness (QED) is 0.0742. The minimum atomic E-state index is -2.25. The van der Waals surface area contributed by atoms with Gasteiger partial charge in [0.2, 0.25) is 35.4 Å². The van der Waals surface area contributed by atoms with E-state index in [1.807, 2.05) is 24.3 Å². The Kier molecular flexibility index (Phi) is 21.3. The monoisotopic (exact) mass is 1080 g/mol. The number of phenolic OH excluding ortho intramolecular Hbond substituents is 1. The number of carbonyl (C=O) groups excluding carboxylic acids is 7. The lowest BCUT2D eigenvalue weighted by molar-refractivity contribution is -0.147. The van der Waals surface area contributed by atoms with Gasteiger partial charge in [0.15, 0.2) is 6.23 Å². The smallest absolute Gasteiger partial charge is 0.251 e. The third-order valence-electron chi connectivity index (χ3n) is 14.2.